The van der Waals surface area contributed by atoms with Gasteiger partial charge in [-0.1, -0.05) is 31.0 Å². The van der Waals surface area contributed by atoms with Gasteiger partial charge in [0.05, 0.1) is 0 Å². The maximum absolute atomic E-state index is 4.25. The molecule has 82 valence electrons. The normalized spacial score (nSPS) is 23.2. The van der Waals surface area contributed by atoms with Gasteiger partial charge < -0.3 is 4.57 Å². The molecule has 4 heteroatoms. The molecule has 1 aromatic rings. The summed E-state index contributed by atoms with van der Waals surface area (Å²) in [5, 5.41) is 10.2. The van der Waals surface area contributed by atoms with E-state index >= 15 is 0 Å². The third-order valence-electron chi connectivity index (χ3n) is 3.30. The van der Waals surface area contributed by atoms with E-state index in [1.54, 1.807) is 0 Å². The highest BCUT2D eigenvalue weighted by Gasteiger charge is 2.27. The summed E-state index contributed by atoms with van der Waals surface area (Å²) in [6.07, 6.45) is 11.5. The molecule has 2 aliphatic carbocycles. The van der Waals surface area contributed by atoms with Crippen molar-refractivity contribution in [3.05, 3.63) is 6.33 Å². The Morgan fingerprint density at radius 1 is 1.13 bits per heavy atom. The average molecular weight is 223 g/mol. The zero-order chi connectivity index (χ0) is 10.1. The smallest absolute Gasteiger partial charge is 0.191 e. The monoisotopic (exact) mass is 223 g/mol. The van der Waals surface area contributed by atoms with Gasteiger partial charge in [0.1, 0.15) is 6.33 Å². The van der Waals surface area contributed by atoms with Gasteiger partial charge in [-0.2, -0.15) is 0 Å². The molecule has 1 heterocycles. The van der Waals surface area contributed by atoms with E-state index in [-0.39, 0.29) is 0 Å². The lowest BCUT2D eigenvalue weighted by Crippen LogP contribution is -2.09. The van der Waals surface area contributed by atoms with Crippen molar-refractivity contribution in [3.63, 3.8) is 0 Å². The van der Waals surface area contributed by atoms with Crippen molar-refractivity contribution in [2.45, 2.75) is 61.4 Å². The summed E-state index contributed by atoms with van der Waals surface area (Å²) in [5.41, 5.74) is 0. The molecule has 0 amide bonds. The summed E-state index contributed by atoms with van der Waals surface area (Å²) in [6.45, 7) is 0. The molecule has 2 fully saturated rings. The Morgan fingerprint density at radius 2 is 1.93 bits per heavy atom. The molecule has 0 bridgehead atoms. The number of rotatable bonds is 3. The number of hydrogen-bond acceptors (Lipinski definition) is 3. The fourth-order valence-electron chi connectivity index (χ4n) is 2.25. The standard InChI is InChI=1S/C11H17N3S/c1-2-4-10(5-3-1)15-11-13-12-8-14(11)9-6-7-9/h8-10H,1-7H2. The third kappa shape index (κ3) is 2.19. The van der Waals surface area contributed by atoms with Crippen molar-refractivity contribution in [1.82, 2.24) is 14.8 Å². The van der Waals surface area contributed by atoms with Crippen LogP contribution in [0.4, 0.5) is 0 Å². The van der Waals surface area contributed by atoms with Gasteiger partial charge in [-0.15, -0.1) is 10.2 Å². The zero-order valence-electron chi connectivity index (χ0n) is 8.93. The van der Waals surface area contributed by atoms with Gasteiger partial charge in [-0.3, -0.25) is 0 Å². The molecule has 0 N–H and O–H groups in total. The largest absolute Gasteiger partial charge is 0.306 e. The summed E-state index contributed by atoms with van der Waals surface area (Å²) in [7, 11) is 0. The van der Waals surface area contributed by atoms with Gasteiger partial charge >= 0.3 is 0 Å². The SMILES string of the molecule is c1nnc(SC2CCCCC2)n1C1CC1. The highest BCUT2D eigenvalue weighted by atomic mass is 32.2. The second-order valence-electron chi connectivity index (χ2n) is 4.63. The Morgan fingerprint density at radius 3 is 2.67 bits per heavy atom. The Kier molecular flexibility index (Phi) is 2.69. The fraction of sp³-hybridized carbons (Fsp3) is 0.818. The van der Waals surface area contributed by atoms with Gasteiger partial charge in [0, 0.05) is 11.3 Å². The lowest BCUT2D eigenvalue weighted by atomic mass is 10.0. The molecule has 15 heavy (non-hydrogen) atoms. The van der Waals surface area contributed by atoms with Crippen LogP contribution in [0.2, 0.25) is 0 Å². The lowest BCUT2D eigenvalue weighted by Gasteiger charge is -2.20. The van der Waals surface area contributed by atoms with E-state index in [1.807, 2.05) is 18.1 Å². The van der Waals surface area contributed by atoms with Gasteiger partial charge in [-0.05, 0) is 25.7 Å². The molecule has 2 aliphatic rings. The minimum absolute atomic E-state index is 0.714. The molecule has 0 saturated heterocycles. The van der Waals surface area contributed by atoms with Crippen LogP contribution in [0.3, 0.4) is 0 Å². The quantitative estimate of drug-likeness (QED) is 0.789. The van der Waals surface area contributed by atoms with E-state index in [0.717, 1.165) is 10.4 Å². The highest BCUT2D eigenvalue weighted by molar-refractivity contribution is 7.99. The van der Waals surface area contributed by atoms with Gasteiger partial charge in [0.15, 0.2) is 5.16 Å². The minimum Gasteiger partial charge on any atom is -0.306 e. The first-order chi connectivity index (χ1) is 7.43. The molecule has 0 aromatic carbocycles. The Bertz CT molecular complexity index is 326. The average Bonchev–Trinajstić information content (AvgIpc) is 3.02. The molecule has 3 nitrogen and oxygen atoms in total. The first-order valence-electron chi connectivity index (χ1n) is 5.99. The number of hydrogen-bond donors (Lipinski definition) is 0. The Balaban J connectivity index is 1.67. The first kappa shape index (κ1) is 9.70. The van der Waals surface area contributed by atoms with Crippen LogP contribution in [0.25, 0.3) is 0 Å². The van der Waals surface area contributed by atoms with E-state index in [0.29, 0.717) is 6.04 Å². The van der Waals surface area contributed by atoms with Gasteiger partial charge in [-0.25, -0.2) is 0 Å². The molecule has 0 spiro atoms. The topological polar surface area (TPSA) is 30.7 Å². The van der Waals surface area contributed by atoms with Crippen LogP contribution < -0.4 is 0 Å². The van der Waals surface area contributed by atoms with Crippen molar-refractivity contribution in [2.75, 3.05) is 0 Å². The summed E-state index contributed by atoms with van der Waals surface area (Å²) in [6, 6.07) is 0.714. The van der Waals surface area contributed by atoms with E-state index in [9.17, 15) is 0 Å². The van der Waals surface area contributed by atoms with Crippen molar-refractivity contribution >= 4 is 11.8 Å². The Labute approximate surface area is 94.7 Å². The van der Waals surface area contributed by atoms with Crippen molar-refractivity contribution < 1.29 is 0 Å². The molecule has 0 aliphatic heterocycles. The molecule has 1 aromatic heterocycles. The molecule has 0 radical (unpaired) electrons. The molecular formula is C11H17N3S. The predicted octanol–water partition coefficient (Wildman–Crippen LogP) is 3.04. The van der Waals surface area contributed by atoms with Gasteiger partial charge in [0.25, 0.3) is 0 Å². The van der Waals surface area contributed by atoms with Crippen molar-refractivity contribution in [3.8, 4) is 0 Å². The minimum atomic E-state index is 0.714. The molecule has 3 rings (SSSR count). The molecule has 0 atom stereocenters. The molecule has 2 saturated carbocycles. The van der Waals surface area contributed by atoms with Crippen LogP contribution >= 0.6 is 11.8 Å². The maximum Gasteiger partial charge on any atom is 0.191 e. The molecular weight excluding hydrogens is 206 g/mol. The van der Waals surface area contributed by atoms with Crippen LogP contribution in [0, 0.1) is 0 Å². The van der Waals surface area contributed by atoms with Crippen LogP contribution in [-0.4, -0.2) is 20.0 Å². The summed E-state index contributed by atoms with van der Waals surface area (Å²) in [5.74, 6) is 0. The predicted molar refractivity (Wildman–Crippen MR) is 61.0 cm³/mol. The lowest BCUT2D eigenvalue weighted by molar-refractivity contribution is 0.514. The number of aromatic nitrogens is 3. The van der Waals surface area contributed by atoms with Crippen LogP contribution in [0.1, 0.15) is 51.0 Å². The molecule has 0 unspecified atom stereocenters. The van der Waals surface area contributed by atoms with E-state index in [2.05, 4.69) is 14.8 Å². The van der Waals surface area contributed by atoms with Crippen molar-refractivity contribution in [1.29, 1.82) is 0 Å². The Hall–Kier alpha value is -0.510. The maximum atomic E-state index is 4.25. The highest BCUT2D eigenvalue weighted by Crippen LogP contribution is 2.39. The zero-order valence-corrected chi connectivity index (χ0v) is 9.75. The number of nitrogens with zero attached hydrogens (tertiary/aromatic N) is 3. The van der Waals surface area contributed by atoms with E-state index < -0.39 is 0 Å². The van der Waals surface area contributed by atoms with Crippen molar-refractivity contribution in [2.24, 2.45) is 0 Å². The van der Waals surface area contributed by atoms with Crippen LogP contribution in [-0.2, 0) is 0 Å². The summed E-state index contributed by atoms with van der Waals surface area (Å²) < 4.78 is 2.28. The first-order valence-corrected chi connectivity index (χ1v) is 6.87. The van der Waals surface area contributed by atoms with Gasteiger partial charge in [0.2, 0.25) is 0 Å². The summed E-state index contributed by atoms with van der Waals surface area (Å²) in [4.78, 5) is 0. The second-order valence-corrected chi connectivity index (χ2v) is 5.90. The summed E-state index contributed by atoms with van der Waals surface area (Å²) >= 11 is 1.96. The van der Waals surface area contributed by atoms with E-state index in [4.69, 9.17) is 0 Å². The van der Waals surface area contributed by atoms with Crippen LogP contribution in [0.5, 0.6) is 0 Å². The van der Waals surface area contributed by atoms with Crippen LogP contribution in [0.15, 0.2) is 11.5 Å². The van der Waals surface area contributed by atoms with E-state index in [1.165, 1.54) is 44.9 Å². The number of thioether (sulfide) groups is 1. The fourth-order valence-corrected chi connectivity index (χ4v) is 3.53. The second kappa shape index (κ2) is 4.16. The third-order valence-corrected chi connectivity index (χ3v) is 4.61.